The van der Waals surface area contributed by atoms with Crippen LogP contribution < -0.4 is 15.5 Å². The quantitative estimate of drug-likeness (QED) is 0.473. The van der Waals surface area contributed by atoms with Gasteiger partial charge in [-0.3, -0.25) is 4.79 Å². The molecule has 4 heterocycles. The van der Waals surface area contributed by atoms with Crippen LogP contribution in [0.5, 0.6) is 0 Å². The fraction of sp³-hybridized carbons (Fsp3) is 0.316. The number of carboxylic acids is 1. The number of amides is 1. The highest BCUT2D eigenvalue weighted by molar-refractivity contribution is 9.10. The molecule has 172 valence electrons. The van der Waals surface area contributed by atoms with Crippen LogP contribution in [0, 0.1) is 0 Å². The number of hydrogen-bond acceptors (Lipinski definition) is 6. The van der Waals surface area contributed by atoms with Gasteiger partial charge in [-0.05, 0) is 53.2 Å². The van der Waals surface area contributed by atoms with Gasteiger partial charge in [0.05, 0.1) is 15.7 Å². The Bertz CT molecular complexity index is 1090. The molecular formula is C19H19BrF3N5O3S. The van der Waals surface area contributed by atoms with Crippen LogP contribution in [0.1, 0.15) is 16.9 Å². The lowest BCUT2D eigenvalue weighted by atomic mass is 10.3. The Hall–Kier alpha value is -2.64. The summed E-state index contributed by atoms with van der Waals surface area (Å²) < 4.78 is 34.3. The fourth-order valence-corrected chi connectivity index (χ4v) is 4.28. The van der Waals surface area contributed by atoms with E-state index in [1.54, 1.807) is 4.52 Å². The van der Waals surface area contributed by atoms with Gasteiger partial charge in [0.1, 0.15) is 11.5 Å². The number of carbonyl (C=O) groups is 2. The number of nitrogens with one attached hydrogen (secondary N) is 2. The number of anilines is 2. The van der Waals surface area contributed by atoms with Gasteiger partial charge < -0.3 is 20.6 Å². The van der Waals surface area contributed by atoms with Gasteiger partial charge >= 0.3 is 12.1 Å². The molecule has 0 bridgehead atoms. The third-order valence-electron chi connectivity index (χ3n) is 4.49. The van der Waals surface area contributed by atoms with Crippen molar-refractivity contribution in [1.29, 1.82) is 0 Å². The number of halogens is 4. The normalized spacial score (nSPS) is 14.4. The second-order valence-corrected chi connectivity index (χ2v) is 8.33. The number of nitrogens with zero attached hydrogens (tertiary/aromatic N) is 3. The maximum atomic E-state index is 12.7. The molecule has 3 aromatic rings. The molecule has 0 atom stereocenters. The molecule has 8 nitrogen and oxygen atoms in total. The number of rotatable bonds is 3. The summed E-state index contributed by atoms with van der Waals surface area (Å²) in [5, 5.41) is 22.0. The van der Waals surface area contributed by atoms with Crippen LogP contribution in [-0.2, 0) is 4.79 Å². The van der Waals surface area contributed by atoms with Crippen LogP contribution in [-0.4, -0.2) is 59.0 Å². The summed E-state index contributed by atoms with van der Waals surface area (Å²) in [4.78, 5) is 23.8. The highest BCUT2D eigenvalue weighted by atomic mass is 79.9. The first kappa shape index (κ1) is 24.0. The van der Waals surface area contributed by atoms with E-state index >= 15 is 0 Å². The first-order valence-electron chi connectivity index (χ1n) is 9.44. The molecule has 3 aromatic heterocycles. The minimum absolute atomic E-state index is 0.165. The lowest BCUT2D eigenvalue weighted by Crippen LogP contribution is -2.29. The van der Waals surface area contributed by atoms with Gasteiger partial charge in [0, 0.05) is 30.4 Å². The molecule has 4 rings (SSSR count). The van der Waals surface area contributed by atoms with E-state index in [4.69, 9.17) is 15.0 Å². The summed E-state index contributed by atoms with van der Waals surface area (Å²) in [5.41, 5.74) is 2.22. The molecule has 0 aliphatic carbocycles. The van der Waals surface area contributed by atoms with Gasteiger partial charge in [-0.1, -0.05) is 0 Å². The Morgan fingerprint density at radius 3 is 2.53 bits per heavy atom. The molecule has 0 spiro atoms. The average Bonchev–Trinajstić information content (AvgIpc) is 3.23. The lowest BCUT2D eigenvalue weighted by molar-refractivity contribution is -0.192. The van der Waals surface area contributed by atoms with E-state index in [2.05, 4.69) is 31.5 Å². The molecule has 32 heavy (non-hydrogen) atoms. The zero-order valence-electron chi connectivity index (χ0n) is 16.5. The second-order valence-electron chi connectivity index (χ2n) is 6.73. The molecule has 1 saturated heterocycles. The largest absolute Gasteiger partial charge is 0.490 e. The number of aromatic nitrogens is 2. The summed E-state index contributed by atoms with van der Waals surface area (Å²) in [6.45, 7) is 3.87. The molecule has 0 saturated carbocycles. The first-order chi connectivity index (χ1) is 15.2. The fourth-order valence-electron chi connectivity index (χ4n) is 2.95. The monoisotopic (exact) mass is 533 g/mol. The van der Waals surface area contributed by atoms with E-state index in [0.29, 0.717) is 5.69 Å². The van der Waals surface area contributed by atoms with Crippen LogP contribution in [0.3, 0.4) is 0 Å². The highest BCUT2D eigenvalue weighted by Crippen LogP contribution is 2.27. The number of aliphatic carboxylic acids is 1. The van der Waals surface area contributed by atoms with Crippen LogP contribution in [0.2, 0.25) is 0 Å². The Balaban J connectivity index is 0.000000360. The maximum absolute atomic E-state index is 12.7. The summed E-state index contributed by atoms with van der Waals surface area (Å²) in [7, 11) is 0. The van der Waals surface area contributed by atoms with Crippen molar-refractivity contribution in [3.63, 3.8) is 0 Å². The molecular weight excluding hydrogens is 515 g/mol. The molecule has 1 fully saturated rings. The van der Waals surface area contributed by atoms with Crippen LogP contribution in [0.25, 0.3) is 5.52 Å². The molecule has 0 aromatic carbocycles. The third kappa shape index (κ3) is 5.99. The number of fused-ring (bicyclic) bond motifs is 1. The summed E-state index contributed by atoms with van der Waals surface area (Å²) in [6, 6.07) is 7.76. The van der Waals surface area contributed by atoms with Crippen LogP contribution >= 0.6 is 27.3 Å². The average molecular weight is 534 g/mol. The van der Waals surface area contributed by atoms with E-state index in [1.165, 1.54) is 11.3 Å². The van der Waals surface area contributed by atoms with Crippen molar-refractivity contribution in [2.75, 3.05) is 36.4 Å². The number of carbonyl (C=O) groups excluding carboxylic acids is 1. The third-order valence-corrected chi connectivity index (χ3v) is 6.20. The number of carboxylic acid groups (broad SMARTS) is 1. The van der Waals surface area contributed by atoms with Crippen LogP contribution in [0.4, 0.5) is 24.7 Å². The molecule has 0 unspecified atom stereocenters. The van der Waals surface area contributed by atoms with Crippen LogP contribution in [0.15, 0.2) is 39.5 Å². The van der Waals surface area contributed by atoms with Crippen molar-refractivity contribution in [1.82, 2.24) is 14.9 Å². The van der Waals surface area contributed by atoms with Crippen molar-refractivity contribution in [3.8, 4) is 0 Å². The molecule has 13 heteroatoms. The Morgan fingerprint density at radius 1 is 1.16 bits per heavy atom. The topological polar surface area (TPSA) is 99.0 Å². The van der Waals surface area contributed by atoms with E-state index in [1.807, 2.05) is 35.0 Å². The van der Waals surface area contributed by atoms with Gasteiger partial charge in [0.2, 0.25) is 0 Å². The van der Waals surface area contributed by atoms with E-state index in [0.717, 1.165) is 54.1 Å². The van der Waals surface area contributed by atoms with Gasteiger partial charge in [-0.15, -0.1) is 16.4 Å². The molecule has 3 N–H and O–H groups in total. The molecule has 0 radical (unpaired) electrons. The van der Waals surface area contributed by atoms with Gasteiger partial charge in [-0.25, -0.2) is 9.31 Å². The van der Waals surface area contributed by atoms with Gasteiger partial charge in [0.15, 0.2) is 0 Å². The zero-order valence-corrected chi connectivity index (χ0v) is 18.9. The molecule has 1 aliphatic rings. The Labute approximate surface area is 193 Å². The van der Waals surface area contributed by atoms with Crippen molar-refractivity contribution in [2.45, 2.75) is 12.6 Å². The zero-order chi connectivity index (χ0) is 23.3. The minimum atomic E-state index is -5.08. The van der Waals surface area contributed by atoms with Crippen molar-refractivity contribution in [3.05, 3.63) is 45.2 Å². The van der Waals surface area contributed by atoms with E-state index < -0.39 is 12.1 Å². The van der Waals surface area contributed by atoms with Crippen molar-refractivity contribution < 1.29 is 27.9 Å². The first-order valence-corrected chi connectivity index (χ1v) is 11.2. The van der Waals surface area contributed by atoms with Crippen molar-refractivity contribution in [2.24, 2.45) is 0 Å². The van der Waals surface area contributed by atoms with Gasteiger partial charge in [-0.2, -0.15) is 13.2 Å². The van der Waals surface area contributed by atoms with E-state index in [9.17, 15) is 18.0 Å². The predicted molar refractivity (Wildman–Crippen MR) is 119 cm³/mol. The number of thiophene rings is 1. The Morgan fingerprint density at radius 2 is 1.88 bits per heavy atom. The van der Waals surface area contributed by atoms with Crippen molar-refractivity contribution >= 4 is 56.2 Å². The number of alkyl halides is 3. The molecule has 1 aliphatic heterocycles. The predicted octanol–water partition coefficient (Wildman–Crippen LogP) is 3.84. The Kier molecular flexibility index (Phi) is 7.74. The molecule has 1 amide bonds. The minimum Gasteiger partial charge on any atom is -0.475 e. The smallest absolute Gasteiger partial charge is 0.475 e. The summed E-state index contributed by atoms with van der Waals surface area (Å²) >= 11 is 4.98. The van der Waals surface area contributed by atoms with E-state index in [-0.39, 0.29) is 5.91 Å². The maximum Gasteiger partial charge on any atom is 0.490 e. The highest BCUT2D eigenvalue weighted by Gasteiger charge is 2.38. The van der Waals surface area contributed by atoms with Gasteiger partial charge in [0.25, 0.3) is 5.91 Å². The number of hydrogen-bond donors (Lipinski definition) is 3. The summed E-state index contributed by atoms with van der Waals surface area (Å²) in [6.07, 6.45) is -4.00. The standard InChI is InChI=1S/C17H18BrN5OS.C2HF3O2/c18-13-10-25-11-14(13)20-17(24)15-4-2-12-3-5-16(21-23(12)15)22-8-1-6-19-7-9-22;3-2(4,5)1(6)7/h2-5,10-11,19H,1,6-9H2,(H,20,24);(H,6,7). The SMILES string of the molecule is O=C(Nc1cscc1Br)c1ccc2ccc(N3CCCNCC3)nn12.O=C(O)C(F)(F)F. The second kappa shape index (κ2) is 10.3. The summed E-state index contributed by atoms with van der Waals surface area (Å²) in [5.74, 6) is -2.02. The lowest BCUT2D eigenvalue weighted by Gasteiger charge is -2.21.